The molecule has 0 radical (unpaired) electrons. The first-order chi connectivity index (χ1) is 9.25. The van der Waals surface area contributed by atoms with Crippen molar-refractivity contribution in [3.8, 4) is 0 Å². The zero-order chi connectivity index (χ0) is 13.2. The molecule has 1 aromatic heterocycles. The fourth-order valence-corrected chi connectivity index (χ4v) is 3.18. The highest BCUT2D eigenvalue weighted by molar-refractivity contribution is 6.30. The van der Waals surface area contributed by atoms with E-state index in [0.717, 1.165) is 19.3 Å². The smallest absolute Gasteiger partial charge is 0.272 e. The van der Waals surface area contributed by atoms with Gasteiger partial charge in [-0.15, -0.1) is 0 Å². The molecule has 4 nitrogen and oxygen atoms in total. The number of fused-ring (bicyclic) bond motifs is 1. The van der Waals surface area contributed by atoms with Crippen molar-refractivity contribution in [3.63, 3.8) is 0 Å². The Labute approximate surface area is 117 Å². The summed E-state index contributed by atoms with van der Waals surface area (Å²) in [5.74, 6) is -0.0253. The van der Waals surface area contributed by atoms with E-state index < -0.39 is 0 Å². The highest BCUT2D eigenvalue weighted by Crippen LogP contribution is 2.29. The molecule has 2 heterocycles. The van der Waals surface area contributed by atoms with E-state index in [2.05, 4.69) is 4.98 Å². The molecular formula is C14H17ClN2O2. The van der Waals surface area contributed by atoms with E-state index in [1.54, 1.807) is 18.3 Å². The second kappa shape index (κ2) is 5.47. The zero-order valence-corrected chi connectivity index (χ0v) is 11.5. The van der Waals surface area contributed by atoms with E-state index in [0.29, 0.717) is 23.9 Å². The van der Waals surface area contributed by atoms with Crippen molar-refractivity contribution in [2.75, 3.05) is 13.2 Å². The van der Waals surface area contributed by atoms with E-state index >= 15 is 0 Å². The first-order valence-electron chi connectivity index (χ1n) is 6.80. The maximum atomic E-state index is 12.6. The molecule has 19 heavy (non-hydrogen) atoms. The molecule has 2 atom stereocenters. The zero-order valence-electron chi connectivity index (χ0n) is 10.7. The van der Waals surface area contributed by atoms with Gasteiger partial charge in [-0.05, 0) is 25.0 Å². The van der Waals surface area contributed by atoms with Gasteiger partial charge in [0.2, 0.25) is 0 Å². The third kappa shape index (κ3) is 2.60. The van der Waals surface area contributed by atoms with Gasteiger partial charge in [0.1, 0.15) is 5.69 Å². The molecule has 2 fully saturated rings. The molecular weight excluding hydrogens is 264 g/mol. The van der Waals surface area contributed by atoms with Crippen LogP contribution >= 0.6 is 11.6 Å². The van der Waals surface area contributed by atoms with Gasteiger partial charge in [-0.25, -0.2) is 0 Å². The lowest BCUT2D eigenvalue weighted by Gasteiger charge is -2.43. The minimum Gasteiger partial charge on any atom is -0.374 e. The summed E-state index contributed by atoms with van der Waals surface area (Å²) in [7, 11) is 0. The highest BCUT2D eigenvalue weighted by Gasteiger charge is 2.37. The van der Waals surface area contributed by atoms with Crippen LogP contribution in [0.2, 0.25) is 5.02 Å². The number of carbonyl (C=O) groups excluding carboxylic acids is 1. The number of amides is 1. The summed E-state index contributed by atoms with van der Waals surface area (Å²) < 4.78 is 5.78. The van der Waals surface area contributed by atoms with Gasteiger partial charge in [0.15, 0.2) is 0 Å². The largest absolute Gasteiger partial charge is 0.374 e. The van der Waals surface area contributed by atoms with Crippen molar-refractivity contribution in [3.05, 3.63) is 29.0 Å². The molecule has 102 valence electrons. The van der Waals surface area contributed by atoms with Crippen molar-refractivity contribution in [2.45, 2.75) is 37.8 Å². The van der Waals surface area contributed by atoms with Gasteiger partial charge in [0, 0.05) is 17.8 Å². The predicted octanol–water partition coefficient (Wildman–Crippen LogP) is 2.52. The Morgan fingerprint density at radius 1 is 1.42 bits per heavy atom. The number of nitrogens with zero attached hydrogens (tertiary/aromatic N) is 2. The molecule has 3 rings (SSSR count). The van der Waals surface area contributed by atoms with Gasteiger partial charge in [-0.2, -0.15) is 0 Å². The quantitative estimate of drug-likeness (QED) is 0.794. The number of morpholine rings is 1. The number of halogens is 1. The molecule has 0 spiro atoms. The maximum absolute atomic E-state index is 12.6. The fourth-order valence-electron chi connectivity index (χ4n) is 3.02. The Hall–Kier alpha value is -1.13. The third-order valence-electron chi connectivity index (χ3n) is 3.93. The van der Waals surface area contributed by atoms with Crippen LogP contribution < -0.4 is 0 Å². The number of carbonyl (C=O) groups is 1. The van der Waals surface area contributed by atoms with Gasteiger partial charge in [-0.1, -0.05) is 24.4 Å². The normalized spacial score (nSPS) is 26.9. The topological polar surface area (TPSA) is 42.4 Å². The molecule has 1 saturated heterocycles. The Morgan fingerprint density at radius 2 is 2.26 bits per heavy atom. The van der Waals surface area contributed by atoms with E-state index in [9.17, 15) is 4.79 Å². The van der Waals surface area contributed by atoms with Crippen LogP contribution in [0.5, 0.6) is 0 Å². The maximum Gasteiger partial charge on any atom is 0.272 e. The predicted molar refractivity (Wildman–Crippen MR) is 72.3 cm³/mol. The monoisotopic (exact) mass is 280 g/mol. The van der Waals surface area contributed by atoms with Crippen LogP contribution in [0, 0.1) is 0 Å². The molecule has 2 unspecified atom stereocenters. The van der Waals surface area contributed by atoms with Crippen LogP contribution in [0.25, 0.3) is 0 Å². The first kappa shape index (κ1) is 12.9. The minimum absolute atomic E-state index is 0.0253. The fraction of sp³-hybridized carbons (Fsp3) is 0.571. The van der Waals surface area contributed by atoms with Crippen molar-refractivity contribution in [1.82, 2.24) is 9.88 Å². The molecule has 1 aliphatic carbocycles. The summed E-state index contributed by atoms with van der Waals surface area (Å²) in [5.41, 5.74) is 0.429. The van der Waals surface area contributed by atoms with E-state index in [4.69, 9.17) is 16.3 Å². The molecule has 1 amide bonds. The number of pyridine rings is 1. The molecule has 0 bridgehead atoms. The Kier molecular flexibility index (Phi) is 3.71. The number of ether oxygens (including phenoxy) is 1. The molecule has 1 aromatic rings. The van der Waals surface area contributed by atoms with Crippen LogP contribution in [-0.4, -0.2) is 41.1 Å². The standard InChI is InChI=1S/C14H17ClN2O2/c15-10-5-6-16-11(9-10)14(18)17-7-8-19-13-4-2-1-3-12(13)17/h5-6,9,12-13H,1-4,7-8H2. The second-order valence-corrected chi connectivity index (χ2v) is 5.56. The van der Waals surface area contributed by atoms with Crippen LogP contribution in [0.1, 0.15) is 36.2 Å². The number of aromatic nitrogens is 1. The van der Waals surface area contributed by atoms with Gasteiger partial charge < -0.3 is 9.64 Å². The lowest BCUT2D eigenvalue weighted by molar-refractivity contribution is -0.0754. The summed E-state index contributed by atoms with van der Waals surface area (Å²) in [5, 5.41) is 0.548. The Bertz CT molecular complexity index is 478. The molecule has 1 saturated carbocycles. The van der Waals surface area contributed by atoms with Crippen molar-refractivity contribution in [2.24, 2.45) is 0 Å². The molecule has 1 aliphatic heterocycles. The summed E-state index contributed by atoms with van der Waals surface area (Å²) >= 11 is 5.93. The molecule has 0 aromatic carbocycles. The Morgan fingerprint density at radius 3 is 3.11 bits per heavy atom. The van der Waals surface area contributed by atoms with Gasteiger partial charge in [0.25, 0.3) is 5.91 Å². The van der Waals surface area contributed by atoms with Gasteiger partial charge in [-0.3, -0.25) is 9.78 Å². The SMILES string of the molecule is O=C(c1cc(Cl)ccn1)N1CCOC2CCCCC21. The summed E-state index contributed by atoms with van der Waals surface area (Å²) in [6.07, 6.45) is 6.21. The van der Waals surface area contributed by atoms with Gasteiger partial charge >= 0.3 is 0 Å². The lowest BCUT2D eigenvalue weighted by Crippen LogP contribution is -2.54. The van der Waals surface area contributed by atoms with Crippen molar-refractivity contribution >= 4 is 17.5 Å². The first-order valence-corrected chi connectivity index (χ1v) is 7.17. The lowest BCUT2D eigenvalue weighted by atomic mass is 9.90. The number of hydrogen-bond donors (Lipinski definition) is 0. The van der Waals surface area contributed by atoms with Crippen LogP contribution in [0.4, 0.5) is 0 Å². The van der Waals surface area contributed by atoms with Crippen LogP contribution in [0.3, 0.4) is 0 Å². The average Bonchev–Trinajstić information content (AvgIpc) is 2.46. The van der Waals surface area contributed by atoms with Crippen LogP contribution in [0.15, 0.2) is 18.3 Å². The molecule has 5 heteroatoms. The summed E-state index contributed by atoms with van der Waals surface area (Å²) in [4.78, 5) is 18.6. The van der Waals surface area contributed by atoms with E-state index in [1.165, 1.54) is 6.42 Å². The van der Waals surface area contributed by atoms with Crippen LogP contribution in [-0.2, 0) is 4.74 Å². The average molecular weight is 281 g/mol. The molecule has 2 aliphatic rings. The second-order valence-electron chi connectivity index (χ2n) is 5.12. The van der Waals surface area contributed by atoms with E-state index in [1.807, 2.05) is 4.90 Å². The summed E-state index contributed by atoms with van der Waals surface area (Å²) in [6.45, 7) is 1.27. The third-order valence-corrected chi connectivity index (χ3v) is 4.17. The summed E-state index contributed by atoms with van der Waals surface area (Å²) in [6, 6.07) is 3.52. The van der Waals surface area contributed by atoms with Crippen molar-refractivity contribution < 1.29 is 9.53 Å². The van der Waals surface area contributed by atoms with E-state index in [-0.39, 0.29) is 18.1 Å². The highest BCUT2D eigenvalue weighted by atomic mass is 35.5. The number of rotatable bonds is 1. The number of hydrogen-bond acceptors (Lipinski definition) is 3. The minimum atomic E-state index is -0.0253. The van der Waals surface area contributed by atoms with Gasteiger partial charge in [0.05, 0.1) is 18.8 Å². The van der Waals surface area contributed by atoms with Crippen molar-refractivity contribution in [1.29, 1.82) is 0 Å². The molecule has 0 N–H and O–H groups in total. The Balaban J connectivity index is 1.82.